The number of nitrogens with one attached hydrogen (secondary N) is 1. The van der Waals surface area contributed by atoms with Gasteiger partial charge < -0.3 is 14.7 Å². The number of nitrogens with zero attached hydrogens (tertiary/aromatic N) is 3. The van der Waals surface area contributed by atoms with Crippen LogP contribution in [0.25, 0.3) is 0 Å². The van der Waals surface area contributed by atoms with E-state index in [9.17, 15) is 0 Å². The SMILES string of the molecule is CON=C1CN[C@H](c2nc(C)no2)C1.Cl. The van der Waals surface area contributed by atoms with Crippen molar-refractivity contribution >= 4 is 18.1 Å². The van der Waals surface area contributed by atoms with Crippen LogP contribution in [-0.4, -0.2) is 29.5 Å². The van der Waals surface area contributed by atoms with Gasteiger partial charge in [0, 0.05) is 13.0 Å². The lowest BCUT2D eigenvalue weighted by Gasteiger charge is -2.00. The van der Waals surface area contributed by atoms with Gasteiger partial charge in [0.15, 0.2) is 5.82 Å². The monoisotopic (exact) mass is 232 g/mol. The van der Waals surface area contributed by atoms with Crippen molar-refractivity contribution in [2.75, 3.05) is 13.7 Å². The van der Waals surface area contributed by atoms with Gasteiger partial charge >= 0.3 is 0 Å². The Morgan fingerprint density at radius 3 is 3.00 bits per heavy atom. The molecule has 0 radical (unpaired) electrons. The number of rotatable bonds is 2. The molecule has 0 saturated carbocycles. The van der Waals surface area contributed by atoms with Crippen molar-refractivity contribution in [3.63, 3.8) is 0 Å². The molecule has 2 rings (SSSR count). The normalized spacial score (nSPS) is 22.8. The van der Waals surface area contributed by atoms with E-state index in [-0.39, 0.29) is 18.4 Å². The predicted molar refractivity (Wildman–Crippen MR) is 56.1 cm³/mol. The van der Waals surface area contributed by atoms with Gasteiger partial charge in [-0.15, -0.1) is 12.4 Å². The molecule has 0 bridgehead atoms. The minimum atomic E-state index is 0. The van der Waals surface area contributed by atoms with Crippen LogP contribution in [0.5, 0.6) is 0 Å². The van der Waals surface area contributed by atoms with Crippen LogP contribution in [0.3, 0.4) is 0 Å². The average molecular weight is 233 g/mol. The lowest BCUT2D eigenvalue weighted by molar-refractivity contribution is 0.212. The minimum Gasteiger partial charge on any atom is -0.399 e. The van der Waals surface area contributed by atoms with Crippen LogP contribution in [-0.2, 0) is 4.84 Å². The topological polar surface area (TPSA) is 72.5 Å². The molecule has 0 unspecified atom stereocenters. The minimum absolute atomic E-state index is 0. The summed E-state index contributed by atoms with van der Waals surface area (Å²) in [6, 6.07) is 0.0742. The van der Waals surface area contributed by atoms with E-state index in [0.29, 0.717) is 18.3 Å². The Balaban J connectivity index is 0.00000112. The van der Waals surface area contributed by atoms with Crippen LogP contribution in [0.2, 0.25) is 0 Å². The molecule has 1 atom stereocenters. The number of aromatic nitrogens is 2. The highest BCUT2D eigenvalue weighted by molar-refractivity contribution is 5.88. The molecule has 0 aliphatic carbocycles. The first-order valence-corrected chi connectivity index (χ1v) is 4.42. The van der Waals surface area contributed by atoms with Gasteiger partial charge in [-0.25, -0.2) is 0 Å². The van der Waals surface area contributed by atoms with E-state index in [1.807, 2.05) is 0 Å². The molecule has 6 nitrogen and oxygen atoms in total. The fraction of sp³-hybridized carbons (Fsp3) is 0.625. The summed E-state index contributed by atoms with van der Waals surface area (Å²) in [5.74, 6) is 1.27. The highest BCUT2D eigenvalue weighted by atomic mass is 35.5. The van der Waals surface area contributed by atoms with Crippen LogP contribution >= 0.6 is 12.4 Å². The van der Waals surface area contributed by atoms with Gasteiger partial charge in [-0.05, 0) is 6.92 Å². The van der Waals surface area contributed by atoms with Crippen LogP contribution in [0, 0.1) is 6.92 Å². The molecular formula is C8H13ClN4O2. The lowest BCUT2D eigenvalue weighted by Crippen LogP contribution is -2.14. The molecule has 84 valence electrons. The van der Waals surface area contributed by atoms with Crippen LogP contribution in [0.1, 0.15) is 24.2 Å². The van der Waals surface area contributed by atoms with Crippen LogP contribution in [0.15, 0.2) is 9.68 Å². The first-order chi connectivity index (χ1) is 6.79. The Bertz CT molecular complexity index is 352. The number of aryl methyl sites for hydroxylation is 1. The zero-order valence-corrected chi connectivity index (χ0v) is 9.37. The smallest absolute Gasteiger partial charge is 0.244 e. The van der Waals surface area contributed by atoms with Crippen molar-refractivity contribution in [2.45, 2.75) is 19.4 Å². The third-order valence-corrected chi connectivity index (χ3v) is 2.05. The van der Waals surface area contributed by atoms with Crippen molar-refractivity contribution in [1.29, 1.82) is 0 Å². The molecule has 0 aromatic carbocycles. The molecule has 1 N–H and O–H groups in total. The number of oxime groups is 1. The largest absolute Gasteiger partial charge is 0.399 e. The van der Waals surface area contributed by atoms with Gasteiger partial charge in [-0.3, -0.25) is 0 Å². The maximum absolute atomic E-state index is 5.06. The highest BCUT2D eigenvalue weighted by Gasteiger charge is 2.26. The molecule has 0 spiro atoms. The fourth-order valence-electron chi connectivity index (χ4n) is 1.45. The average Bonchev–Trinajstić information content (AvgIpc) is 2.74. The summed E-state index contributed by atoms with van der Waals surface area (Å²) < 4.78 is 5.06. The fourth-order valence-corrected chi connectivity index (χ4v) is 1.45. The molecule has 2 heterocycles. The molecule has 0 amide bonds. The standard InChI is InChI=1S/C8H12N4O2.ClH/c1-5-10-8(14-11-5)7-3-6(4-9-7)12-13-2;/h7,9H,3-4H2,1-2H3;1H/t7-;/m0./s1. The Hall–Kier alpha value is -1.14. The Kier molecular flexibility index (Phi) is 4.05. The van der Waals surface area contributed by atoms with E-state index in [1.165, 1.54) is 7.11 Å². The van der Waals surface area contributed by atoms with Crippen LogP contribution < -0.4 is 5.32 Å². The van der Waals surface area contributed by atoms with E-state index in [0.717, 1.165) is 12.1 Å². The van der Waals surface area contributed by atoms with E-state index in [1.54, 1.807) is 6.92 Å². The summed E-state index contributed by atoms with van der Waals surface area (Å²) in [4.78, 5) is 8.85. The van der Waals surface area contributed by atoms with E-state index in [2.05, 4.69) is 20.6 Å². The molecule has 7 heteroatoms. The maximum atomic E-state index is 5.06. The molecule has 15 heavy (non-hydrogen) atoms. The maximum Gasteiger partial charge on any atom is 0.244 e. The van der Waals surface area contributed by atoms with Crippen molar-refractivity contribution in [1.82, 2.24) is 15.5 Å². The lowest BCUT2D eigenvalue weighted by atomic mass is 10.2. The highest BCUT2D eigenvalue weighted by Crippen LogP contribution is 2.19. The zero-order chi connectivity index (χ0) is 9.97. The van der Waals surface area contributed by atoms with E-state index < -0.39 is 0 Å². The second-order valence-electron chi connectivity index (χ2n) is 3.16. The first-order valence-electron chi connectivity index (χ1n) is 4.42. The summed E-state index contributed by atoms with van der Waals surface area (Å²) >= 11 is 0. The van der Waals surface area contributed by atoms with Crippen molar-refractivity contribution in [3.8, 4) is 0 Å². The number of hydrogen-bond acceptors (Lipinski definition) is 6. The third kappa shape index (κ3) is 2.66. The summed E-state index contributed by atoms with van der Waals surface area (Å²) in [7, 11) is 1.54. The second kappa shape index (κ2) is 5.09. The van der Waals surface area contributed by atoms with E-state index >= 15 is 0 Å². The molecule has 1 aromatic heterocycles. The Morgan fingerprint density at radius 1 is 1.60 bits per heavy atom. The van der Waals surface area contributed by atoms with Crippen molar-refractivity contribution in [2.24, 2.45) is 5.16 Å². The van der Waals surface area contributed by atoms with Gasteiger partial charge in [-0.2, -0.15) is 4.98 Å². The number of halogens is 1. The van der Waals surface area contributed by atoms with Crippen molar-refractivity contribution in [3.05, 3.63) is 11.7 Å². The van der Waals surface area contributed by atoms with Crippen LogP contribution in [0.4, 0.5) is 0 Å². The summed E-state index contributed by atoms with van der Waals surface area (Å²) in [5, 5.41) is 10.8. The van der Waals surface area contributed by atoms with E-state index in [4.69, 9.17) is 9.36 Å². The summed E-state index contributed by atoms with van der Waals surface area (Å²) in [5.41, 5.74) is 0.966. The Morgan fingerprint density at radius 2 is 2.40 bits per heavy atom. The molecule has 1 aliphatic rings. The zero-order valence-electron chi connectivity index (χ0n) is 8.56. The van der Waals surface area contributed by atoms with Gasteiger partial charge in [0.2, 0.25) is 5.89 Å². The van der Waals surface area contributed by atoms with Crippen molar-refractivity contribution < 1.29 is 9.36 Å². The molecule has 1 saturated heterocycles. The number of hydrogen-bond donors (Lipinski definition) is 1. The predicted octanol–water partition coefficient (Wildman–Crippen LogP) is 0.837. The second-order valence-corrected chi connectivity index (χ2v) is 3.16. The molecule has 1 fully saturated rings. The summed E-state index contributed by atoms with van der Waals surface area (Å²) in [6.45, 7) is 2.51. The summed E-state index contributed by atoms with van der Waals surface area (Å²) in [6.07, 6.45) is 0.759. The van der Waals surface area contributed by atoms with Gasteiger partial charge in [0.1, 0.15) is 7.11 Å². The Labute approximate surface area is 93.5 Å². The molecule has 1 aromatic rings. The van der Waals surface area contributed by atoms with Gasteiger partial charge in [0.05, 0.1) is 11.8 Å². The quantitative estimate of drug-likeness (QED) is 0.765. The van der Waals surface area contributed by atoms with Gasteiger partial charge in [-0.1, -0.05) is 10.3 Å². The molecular weight excluding hydrogens is 220 g/mol. The first kappa shape index (κ1) is 11.9. The third-order valence-electron chi connectivity index (χ3n) is 2.05. The molecule has 1 aliphatic heterocycles. The van der Waals surface area contributed by atoms with Gasteiger partial charge in [0.25, 0.3) is 0 Å².